The second-order valence-electron chi connectivity index (χ2n) is 7.85. The van der Waals surface area contributed by atoms with Crippen LogP contribution in [0.15, 0.2) is 0 Å². The first-order chi connectivity index (χ1) is 10.9. The molecule has 0 bridgehead atoms. The van der Waals surface area contributed by atoms with Gasteiger partial charge in [0.2, 0.25) is 11.8 Å². The van der Waals surface area contributed by atoms with E-state index < -0.39 is 26.0 Å². The highest BCUT2D eigenvalue weighted by Crippen LogP contribution is 2.33. The largest absolute Gasteiger partial charge is 0.332 e. The Morgan fingerprint density at radius 3 is 2.17 bits per heavy atom. The number of hydrogen-bond donors (Lipinski definition) is 1. The first-order valence-electron chi connectivity index (χ1n) is 8.44. The third kappa shape index (κ3) is 3.18. The van der Waals surface area contributed by atoms with Crippen LogP contribution in [0.3, 0.4) is 0 Å². The van der Waals surface area contributed by atoms with Gasteiger partial charge in [-0.3, -0.25) is 9.59 Å². The Morgan fingerprint density at radius 1 is 1.21 bits per heavy atom. The molecule has 0 aliphatic carbocycles. The maximum atomic E-state index is 13.2. The lowest BCUT2D eigenvalue weighted by Gasteiger charge is -2.50. The number of rotatable bonds is 3. The van der Waals surface area contributed by atoms with Crippen molar-refractivity contribution >= 4 is 21.7 Å². The quantitative estimate of drug-likeness (QED) is 0.767. The SMILES string of the molecule is CC(C)N1C(=O)CN(C(=O)C2(S(C)(=O)=O)CCNCC2)CC1(C)C. The van der Waals surface area contributed by atoms with Gasteiger partial charge in [0.05, 0.1) is 12.1 Å². The van der Waals surface area contributed by atoms with E-state index in [1.807, 2.05) is 27.7 Å². The van der Waals surface area contributed by atoms with Crippen molar-refractivity contribution in [1.29, 1.82) is 0 Å². The number of sulfone groups is 1. The van der Waals surface area contributed by atoms with Crippen LogP contribution in [0.1, 0.15) is 40.5 Å². The minimum Gasteiger partial charge on any atom is -0.332 e. The van der Waals surface area contributed by atoms with E-state index in [1.165, 1.54) is 4.90 Å². The van der Waals surface area contributed by atoms with E-state index >= 15 is 0 Å². The summed E-state index contributed by atoms with van der Waals surface area (Å²) >= 11 is 0. The summed E-state index contributed by atoms with van der Waals surface area (Å²) in [6.45, 7) is 9.00. The van der Waals surface area contributed by atoms with E-state index in [0.717, 1.165) is 6.26 Å². The van der Waals surface area contributed by atoms with Crippen LogP contribution in [0.2, 0.25) is 0 Å². The highest BCUT2D eigenvalue weighted by Gasteiger charge is 2.53. The summed E-state index contributed by atoms with van der Waals surface area (Å²) in [6, 6.07) is 0.0347. The van der Waals surface area contributed by atoms with Gasteiger partial charge in [0.15, 0.2) is 14.6 Å². The van der Waals surface area contributed by atoms with Gasteiger partial charge in [-0.2, -0.15) is 0 Å². The molecule has 0 aromatic carbocycles. The molecule has 7 nitrogen and oxygen atoms in total. The summed E-state index contributed by atoms with van der Waals surface area (Å²) in [7, 11) is -3.58. The minimum atomic E-state index is -3.58. The third-order valence-corrected chi connectivity index (χ3v) is 7.14. The fraction of sp³-hybridized carbons (Fsp3) is 0.875. The highest BCUT2D eigenvalue weighted by atomic mass is 32.2. The molecule has 0 aromatic rings. The van der Waals surface area contributed by atoms with Crippen molar-refractivity contribution in [2.45, 2.75) is 56.9 Å². The van der Waals surface area contributed by atoms with Gasteiger partial charge in [-0.1, -0.05) is 0 Å². The van der Waals surface area contributed by atoms with Crippen LogP contribution in [0, 0.1) is 0 Å². The molecule has 2 aliphatic rings. The molecule has 0 atom stereocenters. The second kappa shape index (κ2) is 6.29. The molecular weight excluding hydrogens is 330 g/mol. The molecule has 0 aromatic heterocycles. The van der Waals surface area contributed by atoms with Crippen molar-refractivity contribution < 1.29 is 18.0 Å². The Labute approximate surface area is 144 Å². The van der Waals surface area contributed by atoms with Crippen LogP contribution in [-0.4, -0.2) is 78.8 Å². The van der Waals surface area contributed by atoms with Crippen molar-refractivity contribution in [2.75, 3.05) is 32.4 Å². The van der Waals surface area contributed by atoms with Crippen molar-refractivity contribution in [3.05, 3.63) is 0 Å². The predicted octanol–water partition coefficient (Wildman–Crippen LogP) is 0.0110. The molecule has 1 N–H and O–H groups in total. The van der Waals surface area contributed by atoms with Gasteiger partial charge in [-0.25, -0.2) is 8.42 Å². The molecular formula is C16H29N3O4S. The maximum absolute atomic E-state index is 13.2. The van der Waals surface area contributed by atoms with Gasteiger partial charge in [0, 0.05) is 18.8 Å². The van der Waals surface area contributed by atoms with E-state index in [-0.39, 0.29) is 31.3 Å². The minimum absolute atomic E-state index is 0.0347. The summed E-state index contributed by atoms with van der Waals surface area (Å²) < 4.78 is 23.5. The summed E-state index contributed by atoms with van der Waals surface area (Å²) in [5.41, 5.74) is -0.523. The Hall–Kier alpha value is -1.15. The number of piperazine rings is 1. The van der Waals surface area contributed by atoms with Crippen molar-refractivity contribution in [1.82, 2.24) is 15.1 Å². The highest BCUT2D eigenvalue weighted by molar-refractivity contribution is 7.92. The van der Waals surface area contributed by atoms with Gasteiger partial charge in [-0.15, -0.1) is 0 Å². The number of amides is 2. The van der Waals surface area contributed by atoms with Crippen LogP contribution in [0.4, 0.5) is 0 Å². The summed E-state index contributed by atoms with van der Waals surface area (Å²) in [5, 5.41) is 3.11. The molecule has 0 saturated carbocycles. The number of carbonyl (C=O) groups excluding carboxylic acids is 2. The van der Waals surface area contributed by atoms with Crippen LogP contribution in [0.25, 0.3) is 0 Å². The summed E-state index contributed by atoms with van der Waals surface area (Å²) in [4.78, 5) is 29.0. The molecule has 0 spiro atoms. The third-order valence-electron chi connectivity index (χ3n) is 5.14. The standard InChI is InChI=1S/C16H29N3O4S/c1-12(2)19-13(20)10-18(11-15(19,3)4)14(21)16(24(5,22)23)6-8-17-9-7-16/h12,17H,6-11H2,1-5H3. The molecule has 2 amide bonds. The van der Waals surface area contributed by atoms with Gasteiger partial charge >= 0.3 is 0 Å². The Balaban J connectivity index is 2.34. The van der Waals surface area contributed by atoms with Gasteiger partial charge in [0.25, 0.3) is 0 Å². The van der Waals surface area contributed by atoms with Crippen molar-refractivity contribution in [2.24, 2.45) is 0 Å². The van der Waals surface area contributed by atoms with Gasteiger partial charge in [-0.05, 0) is 53.6 Å². The first-order valence-corrected chi connectivity index (χ1v) is 10.3. The average Bonchev–Trinajstić information content (AvgIpc) is 2.43. The van der Waals surface area contributed by atoms with Gasteiger partial charge in [0.1, 0.15) is 0 Å². The topological polar surface area (TPSA) is 86.8 Å². The number of nitrogens with zero attached hydrogens (tertiary/aromatic N) is 2. The molecule has 8 heteroatoms. The molecule has 138 valence electrons. The van der Waals surface area contributed by atoms with E-state index in [0.29, 0.717) is 19.6 Å². The second-order valence-corrected chi connectivity index (χ2v) is 10.2. The predicted molar refractivity (Wildman–Crippen MR) is 92.3 cm³/mol. The summed E-state index contributed by atoms with van der Waals surface area (Å²) in [5.74, 6) is -0.552. The van der Waals surface area contributed by atoms with Gasteiger partial charge < -0.3 is 15.1 Å². The monoisotopic (exact) mass is 359 g/mol. The van der Waals surface area contributed by atoms with E-state index in [1.54, 1.807) is 4.90 Å². The van der Waals surface area contributed by atoms with Crippen LogP contribution >= 0.6 is 0 Å². The Morgan fingerprint density at radius 2 is 1.75 bits per heavy atom. The molecule has 2 heterocycles. The molecule has 0 radical (unpaired) electrons. The Kier molecular flexibility index (Phi) is 5.03. The van der Waals surface area contributed by atoms with Crippen LogP contribution in [-0.2, 0) is 19.4 Å². The zero-order chi connectivity index (χ0) is 18.3. The number of nitrogens with one attached hydrogen (secondary N) is 1. The summed E-state index contributed by atoms with van der Waals surface area (Å²) in [6.07, 6.45) is 1.64. The molecule has 0 unspecified atom stereocenters. The van der Waals surface area contributed by atoms with E-state index in [2.05, 4.69) is 5.32 Å². The van der Waals surface area contributed by atoms with Crippen molar-refractivity contribution in [3.8, 4) is 0 Å². The lowest BCUT2D eigenvalue weighted by molar-refractivity contribution is -0.157. The normalized spacial score (nSPS) is 24.3. The fourth-order valence-corrected chi connectivity index (χ4v) is 5.56. The Bertz CT molecular complexity index is 621. The number of carbonyl (C=O) groups is 2. The van der Waals surface area contributed by atoms with Crippen LogP contribution in [0.5, 0.6) is 0 Å². The average molecular weight is 359 g/mol. The first kappa shape index (κ1) is 19.2. The zero-order valence-corrected chi connectivity index (χ0v) is 16.1. The molecule has 24 heavy (non-hydrogen) atoms. The number of hydrogen-bond acceptors (Lipinski definition) is 5. The van der Waals surface area contributed by atoms with E-state index in [9.17, 15) is 18.0 Å². The molecule has 2 aliphatic heterocycles. The zero-order valence-electron chi connectivity index (χ0n) is 15.3. The number of piperidine rings is 1. The van der Waals surface area contributed by atoms with Crippen LogP contribution < -0.4 is 5.32 Å². The lowest BCUT2D eigenvalue weighted by atomic mass is 9.91. The fourth-order valence-electron chi connectivity index (χ4n) is 4.17. The molecule has 2 rings (SSSR count). The molecule has 2 saturated heterocycles. The molecule has 2 fully saturated rings. The lowest BCUT2D eigenvalue weighted by Crippen LogP contribution is -2.68. The van der Waals surface area contributed by atoms with E-state index in [4.69, 9.17) is 0 Å². The smallest absolute Gasteiger partial charge is 0.244 e. The maximum Gasteiger partial charge on any atom is 0.244 e. The van der Waals surface area contributed by atoms with Crippen molar-refractivity contribution in [3.63, 3.8) is 0 Å².